The van der Waals surface area contributed by atoms with Gasteiger partial charge >= 0.3 is 0 Å². The van der Waals surface area contributed by atoms with E-state index in [0.717, 1.165) is 5.56 Å². The van der Waals surface area contributed by atoms with E-state index in [9.17, 15) is 4.79 Å². The molecular weight excluding hydrogens is 164 g/mol. The van der Waals surface area contributed by atoms with Crippen LogP contribution in [-0.2, 0) is 0 Å². The lowest BCUT2D eigenvalue weighted by Crippen LogP contribution is -2.17. The van der Waals surface area contributed by atoms with Crippen molar-refractivity contribution in [3.63, 3.8) is 0 Å². The minimum Gasteiger partial charge on any atom is -0.355 e. The van der Waals surface area contributed by atoms with E-state index in [-0.39, 0.29) is 5.91 Å². The van der Waals surface area contributed by atoms with Crippen molar-refractivity contribution in [3.05, 3.63) is 34.9 Å². The standard InChI is InChI=1S/C10H10N2O/c1-7-5-8(10(13)12-2)3-4-9(7)6-11/h3-5H,1-2H3,(H,12,13). The van der Waals surface area contributed by atoms with Crippen molar-refractivity contribution in [1.82, 2.24) is 5.32 Å². The van der Waals surface area contributed by atoms with Gasteiger partial charge in [-0.15, -0.1) is 0 Å². The fourth-order valence-corrected chi connectivity index (χ4v) is 1.07. The third-order valence-corrected chi connectivity index (χ3v) is 1.84. The van der Waals surface area contributed by atoms with Crippen LogP contribution < -0.4 is 5.32 Å². The quantitative estimate of drug-likeness (QED) is 0.696. The molecule has 0 saturated carbocycles. The van der Waals surface area contributed by atoms with E-state index in [2.05, 4.69) is 5.32 Å². The molecule has 0 aromatic heterocycles. The molecule has 3 heteroatoms. The molecule has 1 rings (SSSR count). The second kappa shape index (κ2) is 3.72. The minimum atomic E-state index is -0.132. The molecule has 0 spiro atoms. The number of carbonyl (C=O) groups is 1. The molecule has 1 amide bonds. The van der Waals surface area contributed by atoms with Crippen molar-refractivity contribution < 1.29 is 4.79 Å². The molecule has 0 unspecified atom stereocenters. The number of nitrogens with one attached hydrogen (secondary N) is 1. The van der Waals surface area contributed by atoms with Crippen LogP contribution in [-0.4, -0.2) is 13.0 Å². The summed E-state index contributed by atoms with van der Waals surface area (Å²) in [6, 6.07) is 7.05. The first-order valence-corrected chi connectivity index (χ1v) is 3.92. The second-order valence-corrected chi connectivity index (χ2v) is 2.72. The highest BCUT2D eigenvalue weighted by atomic mass is 16.1. The molecule has 0 fully saturated rings. The largest absolute Gasteiger partial charge is 0.355 e. The van der Waals surface area contributed by atoms with Gasteiger partial charge in [0, 0.05) is 12.6 Å². The number of rotatable bonds is 1. The van der Waals surface area contributed by atoms with Gasteiger partial charge in [0.15, 0.2) is 0 Å². The van der Waals surface area contributed by atoms with Crippen molar-refractivity contribution in [2.75, 3.05) is 7.05 Å². The van der Waals surface area contributed by atoms with Gasteiger partial charge in [-0.1, -0.05) is 0 Å². The Bertz CT molecular complexity index is 377. The molecule has 66 valence electrons. The lowest BCUT2D eigenvalue weighted by atomic mass is 10.1. The van der Waals surface area contributed by atoms with Crippen LogP contribution in [0.3, 0.4) is 0 Å². The summed E-state index contributed by atoms with van der Waals surface area (Å²) in [5.41, 5.74) is 2.01. The fraction of sp³-hybridized carbons (Fsp3) is 0.200. The van der Waals surface area contributed by atoms with E-state index in [0.29, 0.717) is 11.1 Å². The molecular formula is C10H10N2O. The number of nitrogens with zero attached hydrogens (tertiary/aromatic N) is 1. The van der Waals surface area contributed by atoms with E-state index < -0.39 is 0 Å². The molecule has 0 saturated heterocycles. The molecule has 0 aliphatic heterocycles. The maximum atomic E-state index is 11.2. The summed E-state index contributed by atoms with van der Waals surface area (Å²) in [5, 5.41) is 11.2. The summed E-state index contributed by atoms with van der Waals surface area (Å²) in [6.07, 6.45) is 0. The summed E-state index contributed by atoms with van der Waals surface area (Å²) < 4.78 is 0. The molecule has 0 bridgehead atoms. The molecule has 1 aromatic carbocycles. The molecule has 13 heavy (non-hydrogen) atoms. The topological polar surface area (TPSA) is 52.9 Å². The Labute approximate surface area is 77.0 Å². The van der Waals surface area contributed by atoms with Crippen LogP contribution in [0.25, 0.3) is 0 Å². The number of hydrogen-bond acceptors (Lipinski definition) is 2. The highest BCUT2D eigenvalue weighted by Gasteiger charge is 2.04. The molecule has 0 aliphatic rings. The Morgan fingerprint density at radius 2 is 2.23 bits per heavy atom. The van der Waals surface area contributed by atoms with Crippen molar-refractivity contribution in [2.45, 2.75) is 6.92 Å². The molecule has 1 N–H and O–H groups in total. The van der Waals surface area contributed by atoms with E-state index in [1.807, 2.05) is 13.0 Å². The highest BCUT2D eigenvalue weighted by molar-refractivity contribution is 5.94. The van der Waals surface area contributed by atoms with Gasteiger partial charge in [-0.05, 0) is 30.7 Å². The minimum absolute atomic E-state index is 0.132. The van der Waals surface area contributed by atoms with Gasteiger partial charge in [-0.3, -0.25) is 4.79 Å². The number of carbonyl (C=O) groups excluding carboxylic acids is 1. The molecule has 0 atom stereocenters. The van der Waals surface area contributed by atoms with E-state index in [1.165, 1.54) is 0 Å². The number of hydrogen-bond donors (Lipinski definition) is 1. The summed E-state index contributed by atoms with van der Waals surface area (Å²) in [5.74, 6) is -0.132. The molecule has 1 aromatic rings. The maximum absolute atomic E-state index is 11.2. The van der Waals surface area contributed by atoms with Gasteiger partial charge in [-0.2, -0.15) is 5.26 Å². The predicted octanol–water partition coefficient (Wildman–Crippen LogP) is 1.23. The Morgan fingerprint density at radius 3 is 2.69 bits per heavy atom. The average molecular weight is 174 g/mol. The maximum Gasteiger partial charge on any atom is 0.251 e. The number of amides is 1. The van der Waals surface area contributed by atoms with Crippen LogP contribution in [0.5, 0.6) is 0 Å². The third kappa shape index (κ3) is 1.85. The zero-order chi connectivity index (χ0) is 9.84. The Morgan fingerprint density at radius 1 is 1.54 bits per heavy atom. The van der Waals surface area contributed by atoms with Crippen molar-refractivity contribution in [2.24, 2.45) is 0 Å². The van der Waals surface area contributed by atoms with Crippen LogP contribution in [0, 0.1) is 18.3 Å². The van der Waals surface area contributed by atoms with E-state index in [4.69, 9.17) is 5.26 Å². The lowest BCUT2D eigenvalue weighted by Gasteiger charge is -2.01. The van der Waals surface area contributed by atoms with Crippen molar-refractivity contribution >= 4 is 5.91 Å². The predicted molar refractivity (Wildman–Crippen MR) is 49.3 cm³/mol. The monoisotopic (exact) mass is 174 g/mol. The summed E-state index contributed by atoms with van der Waals surface area (Å²) in [4.78, 5) is 11.2. The average Bonchev–Trinajstić information content (AvgIpc) is 2.16. The lowest BCUT2D eigenvalue weighted by molar-refractivity contribution is 0.0963. The third-order valence-electron chi connectivity index (χ3n) is 1.84. The number of nitriles is 1. The first kappa shape index (κ1) is 9.27. The molecule has 0 aliphatic carbocycles. The Kier molecular flexibility index (Phi) is 2.65. The zero-order valence-corrected chi connectivity index (χ0v) is 7.59. The number of benzene rings is 1. The zero-order valence-electron chi connectivity index (χ0n) is 7.59. The van der Waals surface area contributed by atoms with Gasteiger partial charge in [0.1, 0.15) is 0 Å². The van der Waals surface area contributed by atoms with Gasteiger partial charge in [0.05, 0.1) is 11.6 Å². The van der Waals surface area contributed by atoms with Crippen molar-refractivity contribution in [1.29, 1.82) is 5.26 Å². The number of aryl methyl sites for hydroxylation is 1. The second-order valence-electron chi connectivity index (χ2n) is 2.72. The van der Waals surface area contributed by atoms with Gasteiger partial charge in [-0.25, -0.2) is 0 Å². The highest BCUT2D eigenvalue weighted by Crippen LogP contribution is 2.09. The van der Waals surface area contributed by atoms with E-state index >= 15 is 0 Å². The Hall–Kier alpha value is -1.82. The van der Waals surface area contributed by atoms with E-state index in [1.54, 1.807) is 25.2 Å². The summed E-state index contributed by atoms with van der Waals surface area (Å²) >= 11 is 0. The molecule has 0 radical (unpaired) electrons. The molecule has 0 heterocycles. The first-order valence-electron chi connectivity index (χ1n) is 3.92. The van der Waals surface area contributed by atoms with Crippen LogP contribution in [0.1, 0.15) is 21.5 Å². The van der Waals surface area contributed by atoms with Gasteiger partial charge < -0.3 is 5.32 Å². The van der Waals surface area contributed by atoms with Crippen molar-refractivity contribution in [3.8, 4) is 6.07 Å². The fourth-order valence-electron chi connectivity index (χ4n) is 1.07. The molecule has 3 nitrogen and oxygen atoms in total. The van der Waals surface area contributed by atoms with Gasteiger partial charge in [0.25, 0.3) is 5.91 Å². The smallest absolute Gasteiger partial charge is 0.251 e. The van der Waals surface area contributed by atoms with Crippen LogP contribution >= 0.6 is 0 Å². The summed E-state index contributed by atoms with van der Waals surface area (Å²) in [7, 11) is 1.58. The SMILES string of the molecule is CNC(=O)c1ccc(C#N)c(C)c1. The van der Waals surface area contributed by atoms with Gasteiger partial charge in [0.2, 0.25) is 0 Å². The van der Waals surface area contributed by atoms with Crippen LogP contribution in [0.4, 0.5) is 0 Å². The summed E-state index contributed by atoms with van der Waals surface area (Å²) in [6.45, 7) is 1.81. The normalized spacial score (nSPS) is 9.00. The van der Waals surface area contributed by atoms with Crippen LogP contribution in [0.15, 0.2) is 18.2 Å². The Balaban J connectivity index is 3.11. The first-order chi connectivity index (χ1) is 6.19. The van der Waals surface area contributed by atoms with Crippen LogP contribution in [0.2, 0.25) is 0 Å².